The zero-order valence-electron chi connectivity index (χ0n) is 17.4. The van der Waals surface area contributed by atoms with Crippen molar-refractivity contribution < 1.29 is 17.9 Å². The molecule has 0 spiro atoms. The van der Waals surface area contributed by atoms with Gasteiger partial charge in [-0.15, -0.1) is 0 Å². The highest BCUT2D eigenvalue weighted by molar-refractivity contribution is 7.92. The van der Waals surface area contributed by atoms with Crippen molar-refractivity contribution in [3.63, 3.8) is 0 Å². The standard InChI is InChI=1S/C23H24ClN3O4S/c24-19-8-4-5-9-20(19)32(29,30)18-14-21(31-22(28)26-23(16-25)11-12-23)27(15-18)13-10-17-6-2-1-3-7-17/h1-9,18,21H,10-15H2,(H,26,28)/t18-,21+/m1/s1. The fourth-order valence-electron chi connectivity index (χ4n) is 3.92. The van der Waals surface area contributed by atoms with Crippen molar-refractivity contribution >= 4 is 27.5 Å². The molecule has 2 aromatic rings. The molecular weight excluding hydrogens is 450 g/mol. The molecule has 1 N–H and O–H groups in total. The number of carbonyl (C=O) groups is 1. The van der Waals surface area contributed by atoms with Crippen LogP contribution in [-0.2, 0) is 21.0 Å². The molecule has 0 aromatic heterocycles. The zero-order chi connectivity index (χ0) is 22.8. The molecule has 2 fully saturated rings. The highest BCUT2D eigenvalue weighted by atomic mass is 35.5. The third-order valence-electron chi connectivity index (χ3n) is 5.97. The maximum Gasteiger partial charge on any atom is 0.409 e. The van der Waals surface area contributed by atoms with Gasteiger partial charge in [0.1, 0.15) is 5.54 Å². The molecule has 2 aromatic carbocycles. The first kappa shape index (κ1) is 22.6. The molecule has 2 atom stereocenters. The van der Waals surface area contributed by atoms with Crippen molar-refractivity contribution in [1.29, 1.82) is 5.26 Å². The lowest BCUT2D eigenvalue weighted by molar-refractivity contribution is 0.0128. The Morgan fingerprint density at radius 2 is 1.88 bits per heavy atom. The third-order valence-corrected chi connectivity index (χ3v) is 8.60. The Bertz CT molecular complexity index is 1130. The van der Waals surface area contributed by atoms with Gasteiger partial charge in [-0.2, -0.15) is 5.26 Å². The van der Waals surface area contributed by atoms with E-state index < -0.39 is 32.9 Å². The van der Waals surface area contributed by atoms with Crippen molar-refractivity contribution in [2.75, 3.05) is 13.1 Å². The van der Waals surface area contributed by atoms with Gasteiger partial charge < -0.3 is 10.1 Å². The molecule has 1 amide bonds. The Kier molecular flexibility index (Phi) is 6.42. The van der Waals surface area contributed by atoms with E-state index in [2.05, 4.69) is 11.4 Å². The Morgan fingerprint density at radius 1 is 1.19 bits per heavy atom. The summed E-state index contributed by atoms with van der Waals surface area (Å²) in [5.41, 5.74) is 0.252. The Morgan fingerprint density at radius 3 is 2.53 bits per heavy atom. The largest absolute Gasteiger partial charge is 0.430 e. The minimum atomic E-state index is -3.72. The van der Waals surface area contributed by atoms with Crippen LogP contribution in [0.5, 0.6) is 0 Å². The van der Waals surface area contributed by atoms with Gasteiger partial charge in [-0.05, 0) is 37.0 Å². The SMILES string of the molecule is N#CC1(NC(=O)O[C@H]2C[C@@H](S(=O)(=O)c3ccccc3Cl)CN2CCc2ccccc2)CC1. The lowest BCUT2D eigenvalue weighted by atomic mass is 10.1. The predicted octanol–water partition coefficient (Wildman–Crippen LogP) is 3.54. The molecule has 7 nitrogen and oxygen atoms in total. The topological polar surface area (TPSA) is 99.5 Å². The van der Waals surface area contributed by atoms with Crippen LogP contribution in [0.4, 0.5) is 4.79 Å². The Balaban J connectivity index is 1.51. The number of sulfone groups is 1. The average Bonchev–Trinajstić information content (AvgIpc) is 3.43. The maximum atomic E-state index is 13.3. The highest BCUT2D eigenvalue weighted by Gasteiger charge is 2.47. The first-order chi connectivity index (χ1) is 15.3. The van der Waals surface area contributed by atoms with Gasteiger partial charge in [0.15, 0.2) is 16.1 Å². The maximum absolute atomic E-state index is 13.3. The first-order valence-electron chi connectivity index (χ1n) is 10.5. The van der Waals surface area contributed by atoms with E-state index in [-0.39, 0.29) is 22.9 Å². The van der Waals surface area contributed by atoms with Crippen LogP contribution in [0.15, 0.2) is 59.5 Å². The van der Waals surface area contributed by atoms with Crippen LogP contribution in [0.2, 0.25) is 5.02 Å². The fraction of sp³-hybridized carbons (Fsp3) is 0.391. The molecule has 4 rings (SSSR count). The summed E-state index contributed by atoms with van der Waals surface area (Å²) < 4.78 is 32.2. The van der Waals surface area contributed by atoms with Gasteiger partial charge >= 0.3 is 6.09 Å². The lowest BCUT2D eigenvalue weighted by Gasteiger charge is -2.24. The Labute approximate surface area is 192 Å². The molecule has 2 aliphatic rings. The van der Waals surface area contributed by atoms with E-state index >= 15 is 0 Å². The number of nitrogens with one attached hydrogen (secondary N) is 1. The van der Waals surface area contributed by atoms with E-state index in [1.165, 1.54) is 6.07 Å². The number of hydrogen-bond acceptors (Lipinski definition) is 6. The van der Waals surface area contributed by atoms with Crippen LogP contribution < -0.4 is 5.32 Å². The van der Waals surface area contributed by atoms with Gasteiger partial charge in [0.05, 0.1) is 21.2 Å². The van der Waals surface area contributed by atoms with Gasteiger partial charge in [0.25, 0.3) is 0 Å². The van der Waals surface area contributed by atoms with Gasteiger partial charge in [-0.1, -0.05) is 54.1 Å². The molecule has 0 unspecified atom stereocenters. The molecule has 1 saturated heterocycles. The number of nitrogens with zero attached hydrogens (tertiary/aromatic N) is 2. The van der Waals surface area contributed by atoms with Gasteiger partial charge in [0, 0.05) is 19.5 Å². The number of ether oxygens (including phenoxy) is 1. The van der Waals surface area contributed by atoms with Crippen molar-refractivity contribution in [3.8, 4) is 6.07 Å². The molecule has 1 heterocycles. The second-order valence-electron chi connectivity index (χ2n) is 8.24. The number of nitriles is 1. The normalized spacial score (nSPS) is 22.1. The highest BCUT2D eigenvalue weighted by Crippen LogP contribution is 2.35. The summed E-state index contributed by atoms with van der Waals surface area (Å²) in [5, 5.41) is 11.2. The second-order valence-corrected chi connectivity index (χ2v) is 10.8. The van der Waals surface area contributed by atoms with Gasteiger partial charge in [0.2, 0.25) is 0 Å². The Hall–Kier alpha value is -2.60. The first-order valence-corrected chi connectivity index (χ1v) is 12.4. The summed E-state index contributed by atoms with van der Waals surface area (Å²) in [7, 11) is -3.72. The average molecular weight is 474 g/mol. The van der Waals surface area contributed by atoms with Gasteiger partial charge in [-0.3, -0.25) is 4.90 Å². The molecule has 1 saturated carbocycles. The number of benzene rings is 2. The monoisotopic (exact) mass is 473 g/mol. The van der Waals surface area contributed by atoms with E-state index in [9.17, 15) is 18.5 Å². The quantitative estimate of drug-likeness (QED) is 0.660. The van der Waals surface area contributed by atoms with Crippen LogP contribution in [0.3, 0.4) is 0 Å². The number of hydrogen-bond donors (Lipinski definition) is 1. The molecule has 9 heteroatoms. The van der Waals surface area contributed by atoms with E-state index in [0.717, 1.165) is 5.56 Å². The van der Waals surface area contributed by atoms with Crippen molar-refractivity contribution in [3.05, 3.63) is 65.2 Å². The lowest BCUT2D eigenvalue weighted by Crippen LogP contribution is -2.42. The second kappa shape index (κ2) is 9.10. The van der Waals surface area contributed by atoms with Crippen LogP contribution >= 0.6 is 11.6 Å². The molecule has 0 bridgehead atoms. The van der Waals surface area contributed by atoms with E-state index in [1.54, 1.807) is 18.2 Å². The van der Waals surface area contributed by atoms with Crippen LogP contribution in [0, 0.1) is 11.3 Å². The van der Waals surface area contributed by atoms with E-state index in [0.29, 0.717) is 25.8 Å². The number of amides is 1. The van der Waals surface area contributed by atoms with E-state index in [4.69, 9.17) is 16.3 Å². The fourth-order valence-corrected chi connectivity index (χ4v) is 6.15. The summed E-state index contributed by atoms with van der Waals surface area (Å²) in [6.07, 6.45) is 0.582. The summed E-state index contributed by atoms with van der Waals surface area (Å²) in [6.45, 7) is 0.752. The number of rotatable bonds is 7. The van der Waals surface area contributed by atoms with Crippen LogP contribution in [-0.4, -0.2) is 49.5 Å². The summed E-state index contributed by atoms with van der Waals surface area (Å²) in [6, 6.07) is 18.3. The van der Waals surface area contributed by atoms with Crippen molar-refractivity contribution in [1.82, 2.24) is 10.2 Å². The molecule has 32 heavy (non-hydrogen) atoms. The summed E-state index contributed by atoms with van der Waals surface area (Å²) >= 11 is 6.16. The van der Waals surface area contributed by atoms with Crippen LogP contribution in [0.25, 0.3) is 0 Å². The van der Waals surface area contributed by atoms with Crippen LogP contribution in [0.1, 0.15) is 24.8 Å². The smallest absolute Gasteiger partial charge is 0.409 e. The number of alkyl carbamates (subject to hydrolysis) is 1. The van der Waals surface area contributed by atoms with Crippen molar-refractivity contribution in [2.45, 2.75) is 47.6 Å². The molecular formula is C23H24ClN3O4S. The minimum Gasteiger partial charge on any atom is -0.430 e. The van der Waals surface area contributed by atoms with E-state index in [1.807, 2.05) is 35.2 Å². The molecule has 168 valence electrons. The predicted molar refractivity (Wildman–Crippen MR) is 120 cm³/mol. The number of carbonyl (C=O) groups excluding carboxylic acids is 1. The summed E-state index contributed by atoms with van der Waals surface area (Å²) in [5.74, 6) is 0. The molecule has 1 aliphatic heterocycles. The van der Waals surface area contributed by atoms with Gasteiger partial charge in [-0.25, -0.2) is 13.2 Å². The zero-order valence-corrected chi connectivity index (χ0v) is 19.0. The third kappa shape index (κ3) is 4.90. The molecule has 1 aliphatic carbocycles. The number of halogens is 1. The summed E-state index contributed by atoms with van der Waals surface area (Å²) in [4.78, 5) is 14.4. The van der Waals surface area contributed by atoms with Crippen molar-refractivity contribution in [2.24, 2.45) is 0 Å². The molecule has 0 radical (unpaired) electrons. The number of likely N-dealkylation sites (tertiary alicyclic amines) is 1. The minimum absolute atomic E-state index is 0.0844.